The van der Waals surface area contributed by atoms with Gasteiger partial charge in [-0.25, -0.2) is 0 Å². The lowest BCUT2D eigenvalue weighted by molar-refractivity contribution is 0.0446. The second-order valence-electron chi connectivity index (χ2n) is 7.22. The van der Waals surface area contributed by atoms with Gasteiger partial charge in [-0.2, -0.15) is 0 Å². The first-order valence-corrected chi connectivity index (χ1v) is 7.89. The Balaban J connectivity index is 1.74. The van der Waals surface area contributed by atoms with Gasteiger partial charge < -0.3 is 9.84 Å². The SMILES string of the molecule is Cc1cc(CN2CC(C)(C3CC3)NCC2C(C)C)no1. The minimum Gasteiger partial charge on any atom is -0.361 e. The summed E-state index contributed by atoms with van der Waals surface area (Å²) in [5, 5.41) is 8.00. The van der Waals surface area contributed by atoms with Gasteiger partial charge in [0.25, 0.3) is 0 Å². The zero-order valence-corrected chi connectivity index (χ0v) is 13.1. The molecule has 1 aromatic rings. The van der Waals surface area contributed by atoms with Gasteiger partial charge in [0.15, 0.2) is 0 Å². The molecule has 2 aliphatic rings. The third-order valence-corrected chi connectivity index (χ3v) is 5.01. The molecule has 0 aromatic carbocycles. The molecule has 0 radical (unpaired) electrons. The predicted molar refractivity (Wildman–Crippen MR) is 79.4 cm³/mol. The van der Waals surface area contributed by atoms with Crippen molar-refractivity contribution in [3.8, 4) is 0 Å². The van der Waals surface area contributed by atoms with Crippen LogP contribution in [0.5, 0.6) is 0 Å². The number of hydrogen-bond donors (Lipinski definition) is 1. The molecule has 1 aliphatic heterocycles. The highest BCUT2D eigenvalue weighted by atomic mass is 16.5. The van der Waals surface area contributed by atoms with E-state index in [0.29, 0.717) is 12.0 Å². The monoisotopic (exact) mass is 277 g/mol. The molecule has 4 heteroatoms. The van der Waals surface area contributed by atoms with E-state index >= 15 is 0 Å². The largest absolute Gasteiger partial charge is 0.361 e. The molecular formula is C16H27N3O. The highest BCUT2D eigenvalue weighted by Crippen LogP contribution is 2.42. The van der Waals surface area contributed by atoms with E-state index < -0.39 is 0 Å². The number of piperazine rings is 1. The molecule has 4 nitrogen and oxygen atoms in total. The molecule has 0 spiro atoms. The molecule has 1 aromatic heterocycles. The number of hydrogen-bond acceptors (Lipinski definition) is 4. The van der Waals surface area contributed by atoms with Crippen LogP contribution in [0.15, 0.2) is 10.6 Å². The van der Waals surface area contributed by atoms with Crippen molar-refractivity contribution in [1.82, 2.24) is 15.4 Å². The highest BCUT2D eigenvalue weighted by Gasteiger charge is 2.46. The van der Waals surface area contributed by atoms with Gasteiger partial charge >= 0.3 is 0 Å². The van der Waals surface area contributed by atoms with E-state index in [1.807, 2.05) is 6.92 Å². The summed E-state index contributed by atoms with van der Waals surface area (Å²) in [7, 11) is 0. The van der Waals surface area contributed by atoms with Crippen LogP contribution in [-0.4, -0.2) is 34.7 Å². The quantitative estimate of drug-likeness (QED) is 0.918. The van der Waals surface area contributed by atoms with E-state index in [2.05, 4.69) is 42.2 Å². The summed E-state index contributed by atoms with van der Waals surface area (Å²) < 4.78 is 5.22. The van der Waals surface area contributed by atoms with Crippen LogP contribution in [0.3, 0.4) is 0 Å². The van der Waals surface area contributed by atoms with Crippen molar-refractivity contribution in [2.24, 2.45) is 11.8 Å². The molecule has 1 aliphatic carbocycles. The van der Waals surface area contributed by atoms with Crippen LogP contribution in [0.4, 0.5) is 0 Å². The minimum atomic E-state index is 0.282. The molecule has 1 saturated carbocycles. The fourth-order valence-corrected chi connectivity index (χ4v) is 3.59. The number of rotatable bonds is 4. The normalized spacial score (nSPS) is 31.9. The molecule has 2 unspecified atom stereocenters. The molecule has 2 heterocycles. The molecule has 3 rings (SSSR count). The molecule has 112 valence electrons. The maximum atomic E-state index is 5.22. The summed E-state index contributed by atoms with van der Waals surface area (Å²) in [6.45, 7) is 12.1. The zero-order chi connectivity index (χ0) is 14.3. The van der Waals surface area contributed by atoms with Crippen molar-refractivity contribution >= 4 is 0 Å². The van der Waals surface area contributed by atoms with Crippen molar-refractivity contribution < 1.29 is 4.52 Å². The maximum Gasteiger partial charge on any atom is 0.133 e. The van der Waals surface area contributed by atoms with E-state index in [0.717, 1.165) is 37.0 Å². The molecule has 20 heavy (non-hydrogen) atoms. The smallest absolute Gasteiger partial charge is 0.133 e. The predicted octanol–water partition coefficient (Wildman–Crippen LogP) is 2.58. The Morgan fingerprint density at radius 2 is 2.25 bits per heavy atom. The van der Waals surface area contributed by atoms with E-state index in [1.54, 1.807) is 0 Å². The first-order valence-electron chi connectivity index (χ1n) is 7.89. The number of aryl methyl sites for hydroxylation is 1. The molecule has 1 N–H and O–H groups in total. The fourth-order valence-electron chi connectivity index (χ4n) is 3.59. The van der Waals surface area contributed by atoms with Crippen LogP contribution >= 0.6 is 0 Å². The molecule has 2 fully saturated rings. The second-order valence-corrected chi connectivity index (χ2v) is 7.22. The Labute approximate surface area is 121 Å². The summed E-state index contributed by atoms with van der Waals surface area (Å²) >= 11 is 0. The van der Waals surface area contributed by atoms with E-state index in [1.165, 1.54) is 12.8 Å². The topological polar surface area (TPSA) is 41.3 Å². The molecule has 0 amide bonds. The van der Waals surface area contributed by atoms with Crippen molar-refractivity contribution in [3.63, 3.8) is 0 Å². The fraction of sp³-hybridized carbons (Fsp3) is 0.812. The molecule has 2 atom stereocenters. The summed E-state index contributed by atoms with van der Waals surface area (Å²) in [6, 6.07) is 2.65. The summed E-state index contributed by atoms with van der Waals surface area (Å²) in [6.07, 6.45) is 2.76. The van der Waals surface area contributed by atoms with Gasteiger partial charge in [0.1, 0.15) is 5.76 Å². The third kappa shape index (κ3) is 2.77. The standard InChI is InChI=1S/C16H27N3O/c1-11(2)15-8-17-16(4,13-5-6-13)10-19(15)9-14-7-12(3)20-18-14/h7,11,13,15,17H,5-6,8-10H2,1-4H3. The Bertz CT molecular complexity index is 466. The van der Waals surface area contributed by atoms with Crippen molar-refractivity contribution in [2.45, 2.75) is 58.7 Å². The van der Waals surface area contributed by atoms with Crippen LogP contribution in [0.1, 0.15) is 45.1 Å². The number of nitrogens with zero attached hydrogens (tertiary/aromatic N) is 2. The molecule has 0 bridgehead atoms. The Kier molecular flexibility index (Phi) is 3.63. The van der Waals surface area contributed by atoms with Crippen LogP contribution in [0.2, 0.25) is 0 Å². The van der Waals surface area contributed by atoms with Crippen molar-refractivity contribution in [3.05, 3.63) is 17.5 Å². The first-order chi connectivity index (χ1) is 9.48. The van der Waals surface area contributed by atoms with Gasteiger partial charge in [0.05, 0.1) is 5.69 Å². The number of nitrogens with one attached hydrogen (secondary N) is 1. The summed E-state index contributed by atoms with van der Waals surface area (Å²) in [5.41, 5.74) is 1.35. The van der Waals surface area contributed by atoms with Gasteiger partial charge in [-0.3, -0.25) is 4.90 Å². The van der Waals surface area contributed by atoms with E-state index in [4.69, 9.17) is 4.52 Å². The van der Waals surface area contributed by atoms with Gasteiger partial charge in [-0.05, 0) is 38.5 Å². The van der Waals surface area contributed by atoms with E-state index in [9.17, 15) is 0 Å². The summed E-state index contributed by atoms with van der Waals surface area (Å²) in [5.74, 6) is 2.41. The van der Waals surface area contributed by atoms with Crippen LogP contribution < -0.4 is 5.32 Å². The van der Waals surface area contributed by atoms with Crippen LogP contribution in [0.25, 0.3) is 0 Å². The van der Waals surface area contributed by atoms with E-state index in [-0.39, 0.29) is 5.54 Å². The highest BCUT2D eigenvalue weighted by molar-refractivity contribution is 5.08. The van der Waals surface area contributed by atoms with Crippen molar-refractivity contribution in [1.29, 1.82) is 0 Å². The Morgan fingerprint density at radius 3 is 2.80 bits per heavy atom. The lowest BCUT2D eigenvalue weighted by Gasteiger charge is -2.48. The van der Waals surface area contributed by atoms with Crippen LogP contribution in [0, 0.1) is 18.8 Å². The Hall–Kier alpha value is -0.870. The van der Waals surface area contributed by atoms with Gasteiger partial charge in [0.2, 0.25) is 0 Å². The number of aromatic nitrogens is 1. The van der Waals surface area contributed by atoms with Gasteiger partial charge in [-0.15, -0.1) is 0 Å². The Morgan fingerprint density at radius 1 is 1.50 bits per heavy atom. The zero-order valence-electron chi connectivity index (χ0n) is 13.1. The minimum absolute atomic E-state index is 0.282. The average Bonchev–Trinajstić information content (AvgIpc) is 3.15. The molecule has 1 saturated heterocycles. The third-order valence-electron chi connectivity index (χ3n) is 5.01. The van der Waals surface area contributed by atoms with Crippen LogP contribution in [-0.2, 0) is 6.54 Å². The van der Waals surface area contributed by atoms with Gasteiger partial charge in [-0.1, -0.05) is 19.0 Å². The second kappa shape index (κ2) is 5.15. The van der Waals surface area contributed by atoms with Crippen molar-refractivity contribution in [2.75, 3.05) is 13.1 Å². The maximum absolute atomic E-state index is 5.22. The lowest BCUT2D eigenvalue weighted by Crippen LogP contribution is -2.64. The average molecular weight is 277 g/mol. The summed E-state index contributed by atoms with van der Waals surface area (Å²) in [4.78, 5) is 2.61. The first kappa shape index (κ1) is 14.1. The lowest BCUT2D eigenvalue weighted by atomic mass is 9.88. The molecular weight excluding hydrogens is 250 g/mol. The van der Waals surface area contributed by atoms with Gasteiger partial charge in [0, 0.05) is 37.3 Å².